The molecule has 0 amide bonds. The molecule has 0 saturated carbocycles. The summed E-state index contributed by atoms with van der Waals surface area (Å²) in [5.74, 6) is 0.810. The van der Waals surface area contributed by atoms with Gasteiger partial charge in [-0.2, -0.15) is 0 Å². The minimum atomic E-state index is 0.591. The summed E-state index contributed by atoms with van der Waals surface area (Å²) < 4.78 is 0. The molecule has 0 spiro atoms. The Bertz CT molecular complexity index is 258. The monoisotopic (exact) mass is 206 g/mol. The van der Waals surface area contributed by atoms with Crippen molar-refractivity contribution in [1.29, 1.82) is 0 Å². The van der Waals surface area contributed by atoms with Gasteiger partial charge in [0.05, 0.1) is 0 Å². The number of nitrogens with zero attached hydrogens (tertiary/aromatic N) is 1. The summed E-state index contributed by atoms with van der Waals surface area (Å²) in [5, 5.41) is 3.54. The molecular formula is C13H22N2. The molecule has 0 fully saturated rings. The Kier molecular flexibility index (Phi) is 5.33. The maximum Gasteiger partial charge on any atom is 0.0271 e. The average Bonchev–Trinajstić information content (AvgIpc) is 2.27. The first-order valence-electron chi connectivity index (χ1n) is 5.84. The Morgan fingerprint density at radius 1 is 1.27 bits per heavy atom. The van der Waals surface area contributed by atoms with Crippen LogP contribution in [0.4, 0.5) is 0 Å². The van der Waals surface area contributed by atoms with E-state index in [1.54, 1.807) is 0 Å². The normalized spacial score (nSPS) is 14.9. The highest BCUT2D eigenvalue weighted by Gasteiger charge is 2.06. The predicted octanol–water partition coefficient (Wildman–Crippen LogP) is 3.00. The molecule has 1 rings (SSSR count). The summed E-state index contributed by atoms with van der Waals surface area (Å²) in [6.07, 6.45) is 6.20. The Hall–Kier alpha value is -0.890. The lowest BCUT2D eigenvalue weighted by Gasteiger charge is -2.17. The summed E-state index contributed by atoms with van der Waals surface area (Å²) in [4.78, 5) is 4.01. The smallest absolute Gasteiger partial charge is 0.0271 e. The van der Waals surface area contributed by atoms with Crippen LogP contribution in [0, 0.1) is 5.92 Å². The fourth-order valence-corrected chi connectivity index (χ4v) is 1.65. The van der Waals surface area contributed by atoms with Crippen molar-refractivity contribution in [2.75, 3.05) is 0 Å². The predicted molar refractivity (Wildman–Crippen MR) is 64.6 cm³/mol. The number of pyridine rings is 1. The molecule has 2 heteroatoms. The highest BCUT2D eigenvalue weighted by atomic mass is 14.9. The molecule has 2 atom stereocenters. The van der Waals surface area contributed by atoms with E-state index in [0.717, 1.165) is 12.5 Å². The maximum atomic E-state index is 4.01. The van der Waals surface area contributed by atoms with Crippen molar-refractivity contribution in [2.24, 2.45) is 5.92 Å². The number of hydrogen-bond donors (Lipinski definition) is 1. The SMILES string of the molecule is CCC(C)CC(C)NCc1ccncc1. The lowest BCUT2D eigenvalue weighted by Crippen LogP contribution is -2.27. The molecule has 0 aliphatic rings. The van der Waals surface area contributed by atoms with Gasteiger partial charge in [0, 0.05) is 25.0 Å². The van der Waals surface area contributed by atoms with Crippen molar-refractivity contribution in [3.8, 4) is 0 Å². The van der Waals surface area contributed by atoms with Gasteiger partial charge in [0.25, 0.3) is 0 Å². The second-order valence-corrected chi connectivity index (χ2v) is 4.39. The fraction of sp³-hybridized carbons (Fsp3) is 0.615. The van der Waals surface area contributed by atoms with Gasteiger partial charge in [0.1, 0.15) is 0 Å². The number of hydrogen-bond acceptors (Lipinski definition) is 2. The largest absolute Gasteiger partial charge is 0.310 e. The first-order valence-corrected chi connectivity index (χ1v) is 5.84. The fourth-order valence-electron chi connectivity index (χ4n) is 1.65. The van der Waals surface area contributed by atoms with Crippen molar-refractivity contribution >= 4 is 0 Å². The van der Waals surface area contributed by atoms with E-state index in [1.165, 1.54) is 18.4 Å². The lowest BCUT2D eigenvalue weighted by molar-refractivity contribution is 0.412. The van der Waals surface area contributed by atoms with Crippen LogP contribution in [-0.4, -0.2) is 11.0 Å². The average molecular weight is 206 g/mol. The Balaban J connectivity index is 2.25. The highest BCUT2D eigenvalue weighted by Crippen LogP contribution is 2.09. The van der Waals surface area contributed by atoms with E-state index < -0.39 is 0 Å². The van der Waals surface area contributed by atoms with Gasteiger partial charge >= 0.3 is 0 Å². The molecule has 1 aromatic heterocycles. The van der Waals surface area contributed by atoms with Gasteiger partial charge in [-0.05, 0) is 37.0 Å². The van der Waals surface area contributed by atoms with E-state index in [1.807, 2.05) is 12.4 Å². The van der Waals surface area contributed by atoms with Gasteiger partial charge in [-0.3, -0.25) is 4.98 Å². The van der Waals surface area contributed by atoms with Crippen LogP contribution < -0.4 is 5.32 Å². The zero-order chi connectivity index (χ0) is 11.1. The molecule has 1 aromatic rings. The second-order valence-electron chi connectivity index (χ2n) is 4.39. The van der Waals surface area contributed by atoms with Gasteiger partial charge in [0.2, 0.25) is 0 Å². The van der Waals surface area contributed by atoms with Crippen molar-refractivity contribution in [2.45, 2.75) is 46.2 Å². The summed E-state index contributed by atoms with van der Waals surface area (Å²) in [6, 6.07) is 4.71. The third-order valence-corrected chi connectivity index (χ3v) is 2.86. The van der Waals surface area contributed by atoms with Crippen molar-refractivity contribution in [3.05, 3.63) is 30.1 Å². The zero-order valence-corrected chi connectivity index (χ0v) is 10.0. The van der Waals surface area contributed by atoms with Gasteiger partial charge in [-0.25, -0.2) is 0 Å². The molecule has 0 bridgehead atoms. The summed E-state index contributed by atoms with van der Waals surface area (Å²) >= 11 is 0. The van der Waals surface area contributed by atoms with Gasteiger partial charge in [0.15, 0.2) is 0 Å². The van der Waals surface area contributed by atoms with Crippen LogP contribution in [0.3, 0.4) is 0 Å². The van der Waals surface area contributed by atoms with Crippen LogP contribution in [0.5, 0.6) is 0 Å². The molecule has 15 heavy (non-hydrogen) atoms. The molecule has 0 aliphatic carbocycles. The van der Waals surface area contributed by atoms with Crippen molar-refractivity contribution in [3.63, 3.8) is 0 Å². The molecule has 1 heterocycles. The molecule has 0 aromatic carbocycles. The summed E-state index contributed by atoms with van der Waals surface area (Å²) in [7, 11) is 0. The molecule has 0 saturated heterocycles. The molecule has 2 nitrogen and oxygen atoms in total. The maximum absolute atomic E-state index is 4.01. The van der Waals surface area contributed by atoms with Crippen LogP contribution in [0.1, 0.15) is 39.2 Å². The van der Waals surface area contributed by atoms with E-state index >= 15 is 0 Å². The van der Waals surface area contributed by atoms with E-state index in [0.29, 0.717) is 6.04 Å². The molecule has 2 unspecified atom stereocenters. The Labute approximate surface area is 93.1 Å². The molecular weight excluding hydrogens is 184 g/mol. The van der Waals surface area contributed by atoms with Gasteiger partial charge in [-0.15, -0.1) is 0 Å². The highest BCUT2D eigenvalue weighted by molar-refractivity contribution is 5.09. The van der Waals surface area contributed by atoms with Crippen LogP contribution in [0.15, 0.2) is 24.5 Å². The minimum Gasteiger partial charge on any atom is -0.310 e. The topological polar surface area (TPSA) is 24.9 Å². The molecule has 0 radical (unpaired) electrons. The van der Waals surface area contributed by atoms with Crippen molar-refractivity contribution in [1.82, 2.24) is 10.3 Å². The lowest BCUT2D eigenvalue weighted by atomic mass is 10.0. The standard InChI is InChI=1S/C13H22N2/c1-4-11(2)9-12(3)15-10-13-5-7-14-8-6-13/h5-8,11-12,15H,4,9-10H2,1-3H3. The molecule has 84 valence electrons. The molecule has 1 N–H and O–H groups in total. The van der Waals surface area contributed by atoms with Crippen LogP contribution in [0.2, 0.25) is 0 Å². The first kappa shape index (κ1) is 12.2. The third-order valence-electron chi connectivity index (χ3n) is 2.86. The van der Waals surface area contributed by atoms with Crippen LogP contribution >= 0.6 is 0 Å². The van der Waals surface area contributed by atoms with Gasteiger partial charge in [-0.1, -0.05) is 20.3 Å². The van der Waals surface area contributed by atoms with Crippen LogP contribution in [0.25, 0.3) is 0 Å². The van der Waals surface area contributed by atoms with Gasteiger partial charge < -0.3 is 5.32 Å². The zero-order valence-electron chi connectivity index (χ0n) is 10.0. The summed E-state index contributed by atoms with van der Waals surface area (Å²) in [5.41, 5.74) is 1.31. The second kappa shape index (κ2) is 6.57. The van der Waals surface area contributed by atoms with E-state index in [4.69, 9.17) is 0 Å². The first-order chi connectivity index (χ1) is 7.22. The summed E-state index contributed by atoms with van der Waals surface area (Å²) in [6.45, 7) is 7.76. The quantitative estimate of drug-likeness (QED) is 0.774. The van der Waals surface area contributed by atoms with Crippen LogP contribution in [-0.2, 0) is 6.54 Å². The molecule has 0 aliphatic heterocycles. The van der Waals surface area contributed by atoms with Crippen molar-refractivity contribution < 1.29 is 0 Å². The Morgan fingerprint density at radius 3 is 2.53 bits per heavy atom. The number of aromatic nitrogens is 1. The Morgan fingerprint density at radius 2 is 1.93 bits per heavy atom. The number of rotatable bonds is 6. The number of nitrogens with one attached hydrogen (secondary N) is 1. The third kappa shape index (κ3) is 4.93. The van der Waals surface area contributed by atoms with E-state index in [9.17, 15) is 0 Å². The minimum absolute atomic E-state index is 0.591. The van der Waals surface area contributed by atoms with E-state index in [-0.39, 0.29) is 0 Å². The van der Waals surface area contributed by atoms with E-state index in [2.05, 4.69) is 43.2 Å².